The molecule has 0 radical (unpaired) electrons. The van der Waals surface area contributed by atoms with E-state index in [0.717, 1.165) is 0 Å². The van der Waals surface area contributed by atoms with Crippen molar-refractivity contribution in [1.29, 1.82) is 0 Å². The maximum Gasteiger partial charge on any atom is 0.243 e. The number of benzene rings is 1. The molecule has 96 valence electrons. The van der Waals surface area contributed by atoms with Crippen LogP contribution >= 0.6 is 12.2 Å². The van der Waals surface area contributed by atoms with E-state index < -0.39 is 10.0 Å². The van der Waals surface area contributed by atoms with Gasteiger partial charge in [0, 0.05) is 13.1 Å². The quantitative estimate of drug-likeness (QED) is 0.622. The van der Waals surface area contributed by atoms with Gasteiger partial charge in [0.15, 0.2) is 0 Å². The van der Waals surface area contributed by atoms with Crippen molar-refractivity contribution in [3.63, 3.8) is 0 Å². The number of rotatable bonds is 3. The van der Waals surface area contributed by atoms with Crippen LogP contribution in [-0.2, 0) is 14.8 Å². The van der Waals surface area contributed by atoms with Gasteiger partial charge in [-0.05, 0) is 36.5 Å². The second-order valence-corrected chi connectivity index (χ2v) is 5.83. The molecule has 2 rings (SSSR count). The molecule has 0 unspecified atom stereocenters. The fraction of sp³-hybridized carbons (Fsp3) is 0.364. The number of isothiocyanates is 1. The Kier molecular flexibility index (Phi) is 4.21. The Morgan fingerprint density at radius 2 is 1.83 bits per heavy atom. The Morgan fingerprint density at radius 3 is 2.39 bits per heavy atom. The number of aliphatic imine (C=N–C) groups is 1. The van der Waals surface area contributed by atoms with Crippen molar-refractivity contribution >= 4 is 33.1 Å². The number of hydrogen-bond acceptors (Lipinski definition) is 5. The van der Waals surface area contributed by atoms with Gasteiger partial charge in [-0.15, -0.1) is 0 Å². The Hall–Kier alpha value is -1.11. The molecule has 1 saturated heterocycles. The van der Waals surface area contributed by atoms with Crippen molar-refractivity contribution in [2.45, 2.75) is 4.90 Å². The first-order valence-electron chi connectivity index (χ1n) is 5.40. The van der Waals surface area contributed by atoms with E-state index in [1.165, 1.54) is 16.4 Å². The van der Waals surface area contributed by atoms with Crippen LogP contribution in [0.3, 0.4) is 0 Å². The summed E-state index contributed by atoms with van der Waals surface area (Å²) in [4.78, 5) is 4.04. The summed E-state index contributed by atoms with van der Waals surface area (Å²) >= 11 is 4.49. The van der Waals surface area contributed by atoms with Crippen LogP contribution in [0.2, 0.25) is 0 Å². The van der Waals surface area contributed by atoms with E-state index in [-0.39, 0.29) is 4.90 Å². The molecule has 18 heavy (non-hydrogen) atoms. The maximum absolute atomic E-state index is 12.3. The molecule has 1 aromatic rings. The zero-order valence-electron chi connectivity index (χ0n) is 9.57. The van der Waals surface area contributed by atoms with E-state index in [4.69, 9.17) is 4.74 Å². The molecule has 1 aliphatic heterocycles. The van der Waals surface area contributed by atoms with Crippen LogP contribution in [0.25, 0.3) is 0 Å². The van der Waals surface area contributed by atoms with Gasteiger partial charge in [0.1, 0.15) is 0 Å². The molecule has 1 fully saturated rings. The Bertz CT molecular complexity index is 556. The highest BCUT2D eigenvalue weighted by Crippen LogP contribution is 2.20. The number of hydrogen-bond donors (Lipinski definition) is 0. The van der Waals surface area contributed by atoms with Gasteiger partial charge < -0.3 is 4.74 Å². The summed E-state index contributed by atoms with van der Waals surface area (Å²) in [6.07, 6.45) is 0. The van der Waals surface area contributed by atoms with Crippen LogP contribution in [0.5, 0.6) is 0 Å². The Balaban J connectivity index is 2.26. The first-order valence-corrected chi connectivity index (χ1v) is 7.25. The topological polar surface area (TPSA) is 59.0 Å². The number of sulfonamides is 1. The number of morpholine rings is 1. The Labute approximate surface area is 111 Å². The molecule has 0 N–H and O–H groups in total. The van der Waals surface area contributed by atoms with Gasteiger partial charge in [-0.2, -0.15) is 9.30 Å². The number of thiocarbonyl (C=S) groups is 1. The first kappa shape index (κ1) is 13.3. The van der Waals surface area contributed by atoms with Crippen molar-refractivity contribution in [2.24, 2.45) is 4.99 Å². The molecule has 0 bridgehead atoms. The molecule has 7 heteroatoms. The van der Waals surface area contributed by atoms with E-state index in [2.05, 4.69) is 22.4 Å². The average molecular weight is 284 g/mol. The zero-order chi connectivity index (χ0) is 13.0. The van der Waals surface area contributed by atoms with Crippen LogP contribution in [0.1, 0.15) is 0 Å². The lowest BCUT2D eigenvalue weighted by atomic mass is 10.3. The summed E-state index contributed by atoms with van der Waals surface area (Å²) in [5.74, 6) is 0. The van der Waals surface area contributed by atoms with Crippen LogP contribution < -0.4 is 0 Å². The smallest absolute Gasteiger partial charge is 0.243 e. The van der Waals surface area contributed by atoms with Gasteiger partial charge >= 0.3 is 0 Å². The van der Waals surface area contributed by atoms with Crippen LogP contribution in [-0.4, -0.2) is 44.2 Å². The molecular formula is C11H12N2O3S2. The van der Waals surface area contributed by atoms with Gasteiger partial charge in [-0.3, -0.25) is 0 Å². The molecule has 0 aliphatic carbocycles. The standard InChI is InChI=1S/C11H12N2O3S2/c14-18(15,13-5-7-16-8-6-13)11-3-1-10(2-4-11)12-9-17/h1-4H,5-8H2. The Morgan fingerprint density at radius 1 is 1.22 bits per heavy atom. The van der Waals surface area contributed by atoms with E-state index in [1.807, 2.05) is 0 Å². The molecular weight excluding hydrogens is 272 g/mol. The fourth-order valence-corrected chi connectivity index (χ4v) is 3.19. The highest BCUT2D eigenvalue weighted by molar-refractivity contribution is 7.89. The van der Waals surface area contributed by atoms with Crippen LogP contribution in [0.4, 0.5) is 5.69 Å². The van der Waals surface area contributed by atoms with Crippen molar-refractivity contribution in [2.75, 3.05) is 26.3 Å². The second kappa shape index (κ2) is 5.69. The summed E-state index contributed by atoms with van der Waals surface area (Å²) in [5.41, 5.74) is 0.589. The van der Waals surface area contributed by atoms with E-state index in [1.54, 1.807) is 12.1 Å². The normalized spacial score (nSPS) is 17.1. The van der Waals surface area contributed by atoms with Gasteiger partial charge in [-0.1, -0.05) is 0 Å². The molecule has 0 spiro atoms. The molecule has 0 aromatic heterocycles. The van der Waals surface area contributed by atoms with Crippen molar-refractivity contribution < 1.29 is 13.2 Å². The maximum atomic E-state index is 12.3. The number of ether oxygens (including phenoxy) is 1. The molecule has 1 heterocycles. The minimum atomic E-state index is -3.43. The highest BCUT2D eigenvalue weighted by Gasteiger charge is 2.25. The summed E-state index contributed by atoms with van der Waals surface area (Å²) in [6.45, 7) is 1.66. The average Bonchev–Trinajstić information content (AvgIpc) is 2.41. The van der Waals surface area contributed by atoms with Crippen molar-refractivity contribution in [3.05, 3.63) is 24.3 Å². The summed E-state index contributed by atoms with van der Waals surface area (Å²) in [6, 6.07) is 6.26. The predicted octanol–water partition coefficient (Wildman–Crippen LogP) is 1.44. The third kappa shape index (κ3) is 2.82. The first-order chi connectivity index (χ1) is 8.64. The summed E-state index contributed by atoms with van der Waals surface area (Å²) < 4.78 is 31.1. The van der Waals surface area contributed by atoms with Crippen molar-refractivity contribution in [3.8, 4) is 0 Å². The lowest BCUT2D eigenvalue weighted by Crippen LogP contribution is -2.40. The zero-order valence-corrected chi connectivity index (χ0v) is 11.2. The van der Waals surface area contributed by atoms with Gasteiger partial charge in [0.2, 0.25) is 10.0 Å². The molecule has 1 aliphatic rings. The summed E-state index contributed by atoms with van der Waals surface area (Å²) in [5, 5.41) is 2.24. The fourth-order valence-electron chi connectivity index (χ4n) is 1.68. The highest BCUT2D eigenvalue weighted by atomic mass is 32.2. The molecule has 1 aromatic carbocycles. The predicted molar refractivity (Wildman–Crippen MR) is 70.7 cm³/mol. The molecule has 0 atom stereocenters. The van der Waals surface area contributed by atoms with Crippen molar-refractivity contribution in [1.82, 2.24) is 4.31 Å². The van der Waals surface area contributed by atoms with Crippen LogP contribution in [0, 0.1) is 0 Å². The SMILES string of the molecule is O=S(=O)(c1ccc(N=C=S)cc1)N1CCOCC1. The molecule has 5 nitrogen and oxygen atoms in total. The monoisotopic (exact) mass is 284 g/mol. The largest absolute Gasteiger partial charge is 0.379 e. The summed E-state index contributed by atoms with van der Waals surface area (Å²) in [7, 11) is -3.43. The molecule has 0 amide bonds. The van der Waals surface area contributed by atoms with E-state index >= 15 is 0 Å². The van der Waals surface area contributed by atoms with Crippen LogP contribution in [0.15, 0.2) is 34.2 Å². The molecule has 0 saturated carbocycles. The van der Waals surface area contributed by atoms with Gasteiger partial charge in [0.25, 0.3) is 0 Å². The van der Waals surface area contributed by atoms with Gasteiger partial charge in [0.05, 0.1) is 29.0 Å². The third-order valence-electron chi connectivity index (χ3n) is 2.62. The third-order valence-corrected chi connectivity index (χ3v) is 4.62. The van der Waals surface area contributed by atoms with Gasteiger partial charge in [-0.25, -0.2) is 8.42 Å². The number of nitrogens with zero attached hydrogens (tertiary/aromatic N) is 2. The minimum Gasteiger partial charge on any atom is -0.379 e. The lowest BCUT2D eigenvalue weighted by molar-refractivity contribution is 0.0730. The minimum absolute atomic E-state index is 0.257. The van der Waals surface area contributed by atoms with E-state index in [0.29, 0.717) is 32.0 Å². The van der Waals surface area contributed by atoms with E-state index in [9.17, 15) is 8.42 Å². The second-order valence-electron chi connectivity index (χ2n) is 3.71. The lowest BCUT2D eigenvalue weighted by Gasteiger charge is -2.25.